The fourth-order valence-electron chi connectivity index (χ4n) is 10.7. The zero-order valence-electron chi connectivity index (χ0n) is 48.8. The third-order valence-corrected chi connectivity index (χ3v) is 13.6. The van der Waals surface area contributed by atoms with E-state index in [9.17, 15) is 8.22 Å². The highest BCUT2D eigenvalue weighted by Crippen LogP contribution is 2.43. The Hall–Kier alpha value is -9.52. The van der Waals surface area contributed by atoms with Crippen molar-refractivity contribution in [2.75, 3.05) is 0 Å². The molecule has 0 aliphatic carbocycles. The number of hydrogen-bond donors (Lipinski definition) is 0. The lowest BCUT2D eigenvalue weighted by atomic mass is 9.96. The van der Waals surface area contributed by atoms with Crippen LogP contribution in [0.25, 0.3) is 133 Å². The molecule has 15 rings (SSSR count). The largest absolute Gasteiger partial charge is 0.309 e. The Balaban J connectivity index is 1.14. The van der Waals surface area contributed by atoms with Crippen LogP contribution in [0.4, 0.5) is 0 Å². The maximum absolute atomic E-state index is 9.56. The van der Waals surface area contributed by atoms with Crippen LogP contribution in [0.2, 0.25) is 0 Å². The van der Waals surface area contributed by atoms with Crippen LogP contribution in [-0.2, 0) is 0 Å². The van der Waals surface area contributed by atoms with Gasteiger partial charge in [-0.25, -0.2) is 9.97 Å². The summed E-state index contributed by atoms with van der Waals surface area (Å²) in [4.78, 5) is 11.0. The standard InChI is InChI=1S/C64H40N6/c1-9-30-52-44(21-1)45-22-2-10-31-53(45)67(52)42-20-17-19-41(39-42)43-29-18-38-60(68-54-32-11-3-23-46(54)47-24-4-12-33-55(47)68)63(43)64-65-61(69-56-34-13-5-25-48(56)49-26-6-14-35-57(49)69)40-62(66-64)70-58-36-15-7-27-50(58)51-28-8-16-37-59(51)70/h1-40H/i5D,6D,7D,13D,14D,15D,25D,26D,27D,34D,35D,36D. The molecule has 10 aromatic carbocycles. The summed E-state index contributed by atoms with van der Waals surface area (Å²) in [6.07, 6.45) is 0. The highest BCUT2D eigenvalue weighted by Gasteiger charge is 2.25. The lowest BCUT2D eigenvalue weighted by molar-refractivity contribution is 0.991. The zero-order valence-corrected chi connectivity index (χ0v) is 36.8. The first-order valence-corrected chi connectivity index (χ1v) is 22.9. The van der Waals surface area contributed by atoms with Crippen molar-refractivity contribution >= 4 is 87.2 Å². The van der Waals surface area contributed by atoms with Gasteiger partial charge in [-0.1, -0.05) is 170 Å². The van der Waals surface area contributed by atoms with Crippen LogP contribution in [0, 0.1) is 0 Å². The first-order valence-electron chi connectivity index (χ1n) is 28.9. The van der Waals surface area contributed by atoms with Crippen LogP contribution in [0.1, 0.15) is 16.4 Å². The molecule has 5 heterocycles. The molecule has 0 unspecified atom stereocenters. The Morgan fingerprint density at radius 1 is 0.314 bits per heavy atom. The van der Waals surface area contributed by atoms with Crippen molar-refractivity contribution in [3.8, 4) is 45.5 Å². The summed E-state index contributed by atoms with van der Waals surface area (Å²) in [5.41, 5.74) is 7.40. The fraction of sp³-hybridized carbons (Fsp3) is 0. The predicted molar refractivity (Wildman–Crippen MR) is 290 cm³/mol. The molecule has 6 nitrogen and oxygen atoms in total. The van der Waals surface area contributed by atoms with Crippen molar-refractivity contribution in [2.45, 2.75) is 0 Å². The third-order valence-electron chi connectivity index (χ3n) is 13.6. The minimum absolute atomic E-state index is 0.0608. The summed E-state index contributed by atoms with van der Waals surface area (Å²) in [6, 6.07) is 49.5. The molecule has 5 aromatic heterocycles. The smallest absolute Gasteiger partial charge is 0.166 e. The van der Waals surface area contributed by atoms with E-state index in [4.69, 9.17) is 18.2 Å². The molecule has 0 fully saturated rings. The summed E-state index contributed by atoms with van der Waals surface area (Å²) in [7, 11) is 0. The van der Waals surface area contributed by atoms with Gasteiger partial charge in [-0.05, 0) is 77.8 Å². The average Bonchev–Trinajstić information content (AvgIpc) is 2.53. The van der Waals surface area contributed by atoms with Crippen molar-refractivity contribution in [1.29, 1.82) is 0 Å². The van der Waals surface area contributed by atoms with Gasteiger partial charge < -0.3 is 9.13 Å². The molecule has 0 saturated carbocycles. The molecule has 15 aromatic rings. The van der Waals surface area contributed by atoms with E-state index in [0.717, 1.165) is 54.9 Å². The van der Waals surface area contributed by atoms with Crippen LogP contribution < -0.4 is 0 Å². The average molecular weight is 905 g/mol. The van der Waals surface area contributed by atoms with Gasteiger partial charge in [0.15, 0.2) is 5.82 Å². The lowest BCUT2D eigenvalue weighted by Crippen LogP contribution is -2.08. The highest BCUT2D eigenvalue weighted by molar-refractivity contribution is 6.13. The van der Waals surface area contributed by atoms with Gasteiger partial charge in [-0.3, -0.25) is 9.13 Å². The van der Waals surface area contributed by atoms with Gasteiger partial charge in [0.25, 0.3) is 0 Å². The summed E-state index contributed by atoms with van der Waals surface area (Å²) in [6.45, 7) is 0. The van der Waals surface area contributed by atoms with Crippen molar-refractivity contribution < 1.29 is 16.4 Å². The van der Waals surface area contributed by atoms with E-state index in [2.05, 4.69) is 57.7 Å². The molecule has 0 radical (unpaired) electrons. The maximum atomic E-state index is 9.56. The molecular formula is C64H40N6. The third kappa shape index (κ3) is 5.56. The number of benzene rings is 10. The number of rotatable bonds is 6. The van der Waals surface area contributed by atoms with Gasteiger partial charge in [-0.15, -0.1) is 0 Å². The molecular weight excluding hydrogens is 853 g/mol. The molecule has 0 bridgehead atoms. The van der Waals surface area contributed by atoms with Crippen LogP contribution >= 0.6 is 0 Å². The van der Waals surface area contributed by atoms with Crippen molar-refractivity contribution in [3.05, 3.63) is 242 Å². The van der Waals surface area contributed by atoms with Gasteiger partial charge in [0.2, 0.25) is 0 Å². The van der Waals surface area contributed by atoms with E-state index in [1.807, 2.05) is 91.0 Å². The quantitative estimate of drug-likeness (QED) is 0.167. The normalized spacial score (nSPS) is 14.4. The second kappa shape index (κ2) is 15.0. The molecule has 0 atom stereocenters. The Kier molecular flexibility index (Phi) is 6.13. The van der Waals surface area contributed by atoms with Gasteiger partial charge in [0.05, 0.1) is 71.8 Å². The highest BCUT2D eigenvalue weighted by atomic mass is 15.2. The second-order valence-corrected chi connectivity index (χ2v) is 17.3. The van der Waals surface area contributed by atoms with Crippen LogP contribution in [0.15, 0.2) is 242 Å². The maximum Gasteiger partial charge on any atom is 0.166 e. The Morgan fingerprint density at radius 3 is 1.23 bits per heavy atom. The van der Waals surface area contributed by atoms with Crippen LogP contribution in [0.5, 0.6) is 0 Å². The van der Waals surface area contributed by atoms with Crippen LogP contribution in [-0.4, -0.2) is 28.2 Å². The van der Waals surface area contributed by atoms with Gasteiger partial charge in [0.1, 0.15) is 11.6 Å². The lowest BCUT2D eigenvalue weighted by Gasteiger charge is -2.20. The minimum atomic E-state index is -0.605. The first-order chi connectivity index (χ1) is 39.7. The van der Waals surface area contributed by atoms with Crippen molar-refractivity contribution in [1.82, 2.24) is 28.2 Å². The number of hydrogen-bond acceptors (Lipinski definition) is 2. The van der Waals surface area contributed by atoms with Crippen LogP contribution in [0.3, 0.4) is 0 Å². The minimum Gasteiger partial charge on any atom is -0.309 e. The van der Waals surface area contributed by atoms with E-state index >= 15 is 0 Å². The Labute approximate surface area is 418 Å². The van der Waals surface area contributed by atoms with E-state index in [0.29, 0.717) is 27.7 Å². The number of aromatic nitrogens is 6. The summed E-state index contributed by atoms with van der Waals surface area (Å²) < 4.78 is 117. The molecule has 0 aliphatic rings. The topological polar surface area (TPSA) is 45.5 Å². The zero-order chi connectivity index (χ0) is 56.3. The molecule has 0 N–H and O–H groups in total. The molecule has 0 amide bonds. The summed E-state index contributed by atoms with van der Waals surface area (Å²) in [5.74, 6) is 0.0735. The molecule has 0 spiro atoms. The van der Waals surface area contributed by atoms with E-state index in [1.54, 1.807) is 28.8 Å². The number of fused-ring (bicyclic) bond motifs is 12. The van der Waals surface area contributed by atoms with Gasteiger partial charge in [-0.2, -0.15) is 0 Å². The Morgan fingerprint density at radius 2 is 0.714 bits per heavy atom. The molecule has 326 valence electrons. The first kappa shape index (κ1) is 28.6. The van der Waals surface area contributed by atoms with Crippen molar-refractivity contribution in [3.63, 3.8) is 0 Å². The predicted octanol–water partition coefficient (Wildman–Crippen LogP) is 16.2. The summed E-state index contributed by atoms with van der Waals surface area (Å²) in [5, 5.41) is 4.58. The monoisotopic (exact) mass is 904 g/mol. The van der Waals surface area contributed by atoms with E-state index in [-0.39, 0.29) is 62.3 Å². The fourth-order valence-corrected chi connectivity index (χ4v) is 10.7. The van der Waals surface area contributed by atoms with E-state index in [1.165, 1.54) is 10.6 Å². The van der Waals surface area contributed by atoms with Gasteiger partial charge in [0, 0.05) is 54.8 Å². The molecule has 6 heteroatoms. The van der Waals surface area contributed by atoms with E-state index < -0.39 is 60.4 Å². The second-order valence-electron chi connectivity index (χ2n) is 17.3. The molecule has 0 saturated heterocycles. The SMILES string of the molecule is [2H]c1c([2H])c([2H])c2c(c1[2H])c1ccccc1n2-c1cc(-n2c3c([2H])c([2H])c([2H])c([2H])c3c3c([2H])c([2H])c([2H])c([2H])c32)nc(-c2c(-c3cccc(-n4c5ccccc5c5ccccc54)c3)cccc2-n2c3ccccc3c3ccccc32)n1. The Bertz CT molecular complexity index is 5160. The number of para-hydroxylation sites is 8. The molecule has 70 heavy (non-hydrogen) atoms. The van der Waals surface area contributed by atoms with Crippen molar-refractivity contribution in [2.24, 2.45) is 0 Å². The van der Waals surface area contributed by atoms with Gasteiger partial charge >= 0.3 is 0 Å². The number of nitrogens with zero attached hydrogens (tertiary/aromatic N) is 6. The molecule has 0 aliphatic heterocycles. The summed E-state index contributed by atoms with van der Waals surface area (Å²) >= 11 is 0.